The topological polar surface area (TPSA) is 66.0 Å². The van der Waals surface area contributed by atoms with E-state index < -0.39 is 5.97 Å². The third-order valence-electron chi connectivity index (χ3n) is 2.25. The zero-order valence-electron chi connectivity index (χ0n) is 8.43. The third-order valence-corrected chi connectivity index (χ3v) is 2.56. The molecule has 0 atom stereocenters. The zero-order chi connectivity index (χ0) is 11.5. The van der Waals surface area contributed by atoms with Crippen molar-refractivity contribution in [1.82, 2.24) is 9.97 Å². The summed E-state index contributed by atoms with van der Waals surface area (Å²) in [5, 5.41) is 9.48. The first kappa shape index (κ1) is 10.8. The Balaban J connectivity index is 2.42. The highest BCUT2D eigenvalue weighted by atomic mass is 32.1. The quantitative estimate of drug-likeness (QED) is 0.800. The first-order chi connectivity index (χ1) is 7.66. The second-order valence-corrected chi connectivity index (χ2v) is 3.81. The van der Waals surface area contributed by atoms with E-state index in [0.29, 0.717) is 16.9 Å². The van der Waals surface area contributed by atoms with Crippen molar-refractivity contribution in [3.05, 3.63) is 34.7 Å². The molecule has 0 aliphatic rings. The summed E-state index contributed by atoms with van der Waals surface area (Å²) in [6.07, 6.45) is 0.417. The van der Waals surface area contributed by atoms with E-state index in [0.717, 1.165) is 10.9 Å². The van der Waals surface area contributed by atoms with E-state index in [-0.39, 0.29) is 6.42 Å². The molecule has 5 heteroatoms. The Labute approximate surface area is 97.0 Å². The Morgan fingerprint density at radius 1 is 1.44 bits per heavy atom. The Morgan fingerprint density at radius 2 is 2.19 bits per heavy atom. The second-order valence-electron chi connectivity index (χ2n) is 3.43. The maximum Gasteiger partial charge on any atom is 0.303 e. The molecule has 0 fully saturated rings. The third kappa shape index (κ3) is 2.25. The lowest BCUT2D eigenvalue weighted by atomic mass is 10.2. The van der Waals surface area contributed by atoms with E-state index in [2.05, 4.69) is 9.97 Å². The van der Waals surface area contributed by atoms with E-state index in [1.807, 2.05) is 24.3 Å². The highest BCUT2D eigenvalue weighted by molar-refractivity contribution is 7.71. The molecule has 16 heavy (non-hydrogen) atoms. The minimum atomic E-state index is -0.839. The molecule has 4 nitrogen and oxygen atoms in total. The van der Waals surface area contributed by atoms with Gasteiger partial charge in [0.05, 0.1) is 6.42 Å². The normalized spacial score (nSPS) is 10.5. The summed E-state index contributed by atoms with van der Waals surface area (Å²) in [4.78, 5) is 17.7. The number of nitrogens with one attached hydrogen (secondary N) is 1. The lowest BCUT2D eigenvalue weighted by molar-refractivity contribution is -0.137. The van der Waals surface area contributed by atoms with Crippen LogP contribution >= 0.6 is 12.2 Å². The zero-order valence-corrected chi connectivity index (χ0v) is 9.25. The van der Waals surface area contributed by atoms with Crippen molar-refractivity contribution in [2.24, 2.45) is 0 Å². The van der Waals surface area contributed by atoms with Gasteiger partial charge in [-0.3, -0.25) is 4.79 Å². The SMILES string of the molecule is O=C(O)CCc1nc(=S)c2ccccc2[nH]1. The summed E-state index contributed by atoms with van der Waals surface area (Å²) in [6.45, 7) is 0. The standard InChI is InChI=1S/C11H10N2O2S/c14-10(15)6-5-9-12-8-4-2-1-3-7(8)11(16)13-9/h1-4H,5-6H2,(H,14,15)(H,12,13,16). The number of fused-ring (bicyclic) bond motifs is 1. The van der Waals surface area contributed by atoms with Gasteiger partial charge in [-0.1, -0.05) is 24.4 Å². The first-order valence-electron chi connectivity index (χ1n) is 4.86. The van der Waals surface area contributed by atoms with Crippen LogP contribution < -0.4 is 0 Å². The molecule has 0 amide bonds. The van der Waals surface area contributed by atoms with E-state index in [1.165, 1.54) is 0 Å². The molecule has 1 heterocycles. The molecule has 2 N–H and O–H groups in total. The highest BCUT2D eigenvalue weighted by Gasteiger charge is 2.03. The van der Waals surface area contributed by atoms with Gasteiger partial charge in [-0.25, -0.2) is 4.98 Å². The van der Waals surface area contributed by atoms with Gasteiger partial charge in [0, 0.05) is 17.3 Å². The summed E-state index contributed by atoms with van der Waals surface area (Å²) in [6, 6.07) is 7.58. The molecule has 0 aliphatic carbocycles. The monoisotopic (exact) mass is 234 g/mol. The number of para-hydroxylation sites is 1. The molecule has 2 aromatic rings. The van der Waals surface area contributed by atoms with Gasteiger partial charge in [0.25, 0.3) is 0 Å². The van der Waals surface area contributed by atoms with Crippen LogP contribution in [0, 0.1) is 4.64 Å². The molecule has 1 aromatic heterocycles. The number of aryl methyl sites for hydroxylation is 1. The predicted molar refractivity (Wildman–Crippen MR) is 62.9 cm³/mol. The van der Waals surface area contributed by atoms with Gasteiger partial charge < -0.3 is 10.1 Å². The number of H-pyrrole nitrogens is 1. The number of aromatic nitrogens is 2. The number of rotatable bonds is 3. The van der Waals surface area contributed by atoms with Crippen LogP contribution in [0.25, 0.3) is 10.9 Å². The lowest BCUT2D eigenvalue weighted by Gasteiger charge is -2.02. The number of hydrogen-bond donors (Lipinski definition) is 2. The predicted octanol–water partition coefficient (Wildman–Crippen LogP) is 2.31. The van der Waals surface area contributed by atoms with Gasteiger partial charge in [-0.15, -0.1) is 0 Å². The van der Waals surface area contributed by atoms with Gasteiger partial charge in [-0.05, 0) is 12.1 Å². The van der Waals surface area contributed by atoms with Crippen molar-refractivity contribution >= 4 is 29.1 Å². The maximum atomic E-state index is 10.5. The summed E-state index contributed by atoms with van der Waals surface area (Å²) in [5.74, 6) is -0.222. The number of hydrogen-bond acceptors (Lipinski definition) is 3. The molecule has 0 aliphatic heterocycles. The highest BCUT2D eigenvalue weighted by Crippen LogP contribution is 2.12. The van der Waals surface area contributed by atoms with Crippen LogP contribution in [0.1, 0.15) is 12.2 Å². The number of aromatic amines is 1. The minimum Gasteiger partial charge on any atom is -0.481 e. The smallest absolute Gasteiger partial charge is 0.303 e. The molecule has 2 rings (SSSR count). The second kappa shape index (κ2) is 4.40. The van der Waals surface area contributed by atoms with Crippen LogP contribution in [0.4, 0.5) is 0 Å². The molecular formula is C11H10N2O2S. The Kier molecular flexibility index (Phi) is 2.96. The van der Waals surface area contributed by atoms with Crippen LogP contribution in [0.15, 0.2) is 24.3 Å². The fraction of sp³-hybridized carbons (Fsp3) is 0.182. The average molecular weight is 234 g/mol. The molecule has 82 valence electrons. The van der Waals surface area contributed by atoms with E-state index >= 15 is 0 Å². The van der Waals surface area contributed by atoms with E-state index in [9.17, 15) is 4.79 Å². The molecule has 0 radical (unpaired) electrons. The number of carbonyl (C=O) groups is 1. The molecule has 0 saturated carbocycles. The van der Waals surface area contributed by atoms with Gasteiger partial charge in [0.2, 0.25) is 0 Å². The summed E-state index contributed by atoms with van der Waals surface area (Å²) in [5.41, 5.74) is 0.892. The Morgan fingerprint density at radius 3 is 2.94 bits per heavy atom. The fourth-order valence-corrected chi connectivity index (χ4v) is 1.78. The van der Waals surface area contributed by atoms with Crippen LogP contribution in [-0.2, 0) is 11.2 Å². The molecule has 0 unspecified atom stereocenters. The van der Waals surface area contributed by atoms with Crippen molar-refractivity contribution in [2.45, 2.75) is 12.8 Å². The van der Waals surface area contributed by atoms with E-state index in [1.54, 1.807) is 0 Å². The van der Waals surface area contributed by atoms with Crippen molar-refractivity contribution in [1.29, 1.82) is 0 Å². The van der Waals surface area contributed by atoms with Crippen molar-refractivity contribution < 1.29 is 9.90 Å². The van der Waals surface area contributed by atoms with E-state index in [4.69, 9.17) is 17.3 Å². The van der Waals surface area contributed by atoms with Gasteiger partial charge in [0.1, 0.15) is 10.5 Å². The van der Waals surface area contributed by atoms with Crippen molar-refractivity contribution in [3.8, 4) is 0 Å². The maximum absolute atomic E-state index is 10.5. The minimum absolute atomic E-state index is 0.0522. The van der Waals surface area contributed by atoms with Gasteiger partial charge in [-0.2, -0.15) is 0 Å². The largest absolute Gasteiger partial charge is 0.481 e. The first-order valence-corrected chi connectivity index (χ1v) is 5.27. The van der Waals surface area contributed by atoms with Crippen molar-refractivity contribution in [2.75, 3.05) is 0 Å². The lowest BCUT2D eigenvalue weighted by Crippen LogP contribution is -2.02. The van der Waals surface area contributed by atoms with Gasteiger partial charge in [0.15, 0.2) is 0 Å². The van der Waals surface area contributed by atoms with Crippen LogP contribution in [-0.4, -0.2) is 21.0 Å². The van der Waals surface area contributed by atoms with Gasteiger partial charge >= 0.3 is 5.97 Å². The number of benzene rings is 1. The fourth-order valence-electron chi connectivity index (χ4n) is 1.49. The summed E-state index contributed by atoms with van der Waals surface area (Å²) in [7, 11) is 0. The summed E-state index contributed by atoms with van der Waals surface area (Å²) < 4.78 is 0.509. The number of carboxylic acids is 1. The van der Waals surface area contributed by atoms with Crippen LogP contribution in [0.3, 0.4) is 0 Å². The van der Waals surface area contributed by atoms with Crippen LogP contribution in [0.2, 0.25) is 0 Å². The molecular weight excluding hydrogens is 224 g/mol. The molecule has 0 spiro atoms. The molecule has 0 saturated heterocycles. The summed E-state index contributed by atoms with van der Waals surface area (Å²) >= 11 is 5.14. The Hall–Kier alpha value is -1.75. The average Bonchev–Trinajstić information content (AvgIpc) is 2.26. The number of nitrogens with zero attached hydrogens (tertiary/aromatic N) is 1. The number of aliphatic carboxylic acids is 1. The Bertz CT molecular complexity index is 592. The van der Waals surface area contributed by atoms with Crippen molar-refractivity contribution in [3.63, 3.8) is 0 Å². The molecule has 0 bridgehead atoms. The van der Waals surface area contributed by atoms with Crippen LogP contribution in [0.5, 0.6) is 0 Å². The number of carboxylic acid groups (broad SMARTS) is 1. The molecule has 1 aromatic carbocycles.